The van der Waals surface area contributed by atoms with E-state index >= 15 is 0 Å². The molecule has 1 aromatic rings. The third kappa shape index (κ3) is 3.43. The fraction of sp³-hybridized carbons (Fsp3) is 0.154. The Morgan fingerprint density at radius 1 is 1.33 bits per heavy atom. The second-order valence-corrected chi connectivity index (χ2v) is 3.26. The second kappa shape index (κ2) is 5.81. The van der Waals surface area contributed by atoms with Crippen LogP contribution in [0.3, 0.4) is 0 Å². The molecule has 0 amide bonds. The van der Waals surface area contributed by atoms with Gasteiger partial charge >= 0.3 is 0 Å². The van der Waals surface area contributed by atoms with Gasteiger partial charge in [-0.2, -0.15) is 0 Å². The summed E-state index contributed by atoms with van der Waals surface area (Å²) < 4.78 is 0. The molecule has 2 nitrogen and oxygen atoms in total. The fourth-order valence-electron chi connectivity index (χ4n) is 1.31. The number of nitrogens with two attached hydrogens (primary N) is 1. The summed E-state index contributed by atoms with van der Waals surface area (Å²) in [7, 11) is 0. The van der Waals surface area contributed by atoms with Crippen LogP contribution in [0, 0.1) is 6.92 Å². The molecule has 1 aromatic carbocycles. The van der Waals surface area contributed by atoms with Crippen LogP contribution in [0.15, 0.2) is 48.7 Å². The summed E-state index contributed by atoms with van der Waals surface area (Å²) in [6.07, 6.45) is 7.13. The normalized spacial score (nSPS) is 11.3. The highest BCUT2D eigenvalue weighted by Crippen LogP contribution is 2.09. The van der Waals surface area contributed by atoms with E-state index < -0.39 is 0 Å². The predicted molar refractivity (Wildman–Crippen MR) is 62.6 cm³/mol. The number of benzene rings is 1. The van der Waals surface area contributed by atoms with E-state index in [1.54, 1.807) is 18.2 Å². The number of allylic oxidation sites excluding steroid dienone is 3. The van der Waals surface area contributed by atoms with Crippen LogP contribution < -0.4 is 5.73 Å². The summed E-state index contributed by atoms with van der Waals surface area (Å²) in [5.74, 6) is 0.134. The van der Waals surface area contributed by atoms with E-state index in [0.29, 0.717) is 6.42 Å². The quantitative estimate of drug-likeness (QED) is 0.601. The third-order valence-electron chi connectivity index (χ3n) is 2.11. The summed E-state index contributed by atoms with van der Waals surface area (Å²) in [4.78, 5) is 11.7. The molecule has 0 spiro atoms. The molecule has 15 heavy (non-hydrogen) atoms. The number of carbonyl (C=O) groups excluding carboxylic acids is 1. The Morgan fingerprint density at radius 3 is 2.73 bits per heavy atom. The molecule has 0 saturated carbocycles. The van der Waals surface area contributed by atoms with Crippen LogP contribution in [0.2, 0.25) is 0 Å². The first-order valence-corrected chi connectivity index (χ1v) is 4.88. The highest BCUT2D eigenvalue weighted by molar-refractivity contribution is 5.98. The van der Waals surface area contributed by atoms with Crippen molar-refractivity contribution < 1.29 is 4.79 Å². The molecule has 2 N–H and O–H groups in total. The Kier molecular flexibility index (Phi) is 4.35. The lowest BCUT2D eigenvalue weighted by atomic mass is 10.0. The molecule has 0 fully saturated rings. The van der Waals surface area contributed by atoms with Crippen LogP contribution >= 0.6 is 0 Å². The third-order valence-corrected chi connectivity index (χ3v) is 2.11. The van der Waals surface area contributed by atoms with Gasteiger partial charge in [0.2, 0.25) is 0 Å². The van der Waals surface area contributed by atoms with Crippen molar-refractivity contribution in [3.8, 4) is 0 Å². The van der Waals surface area contributed by atoms with Crippen LogP contribution in [0.25, 0.3) is 0 Å². The minimum Gasteiger partial charge on any atom is -0.405 e. The minimum atomic E-state index is 0.134. The minimum absolute atomic E-state index is 0.134. The van der Waals surface area contributed by atoms with Gasteiger partial charge in [0.05, 0.1) is 0 Å². The highest BCUT2D eigenvalue weighted by atomic mass is 16.1. The van der Waals surface area contributed by atoms with Crippen LogP contribution in [-0.4, -0.2) is 5.78 Å². The number of hydrogen-bond acceptors (Lipinski definition) is 2. The lowest BCUT2D eigenvalue weighted by Crippen LogP contribution is -1.99. The number of rotatable bonds is 4. The van der Waals surface area contributed by atoms with Crippen molar-refractivity contribution in [2.45, 2.75) is 13.3 Å². The van der Waals surface area contributed by atoms with Crippen molar-refractivity contribution in [1.82, 2.24) is 0 Å². The van der Waals surface area contributed by atoms with Gasteiger partial charge in [0.1, 0.15) is 0 Å². The van der Waals surface area contributed by atoms with Crippen LogP contribution in [0.1, 0.15) is 22.3 Å². The maximum absolute atomic E-state index is 11.7. The van der Waals surface area contributed by atoms with Crippen molar-refractivity contribution in [2.75, 3.05) is 0 Å². The Bertz CT molecular complexity index is 391. The van der Waals surface area contributed by atoms with Gasteiger partial charge in [0, 0.05) is 12.0 Å². The van der Waals surface area contributed by atoms with Crippen LogP contribution in [0.4, 0.5) is 0 Å². The maximum Gasteiger partial charge on any atom is 0.166 e. The molecule has 0 aliphatic carbocycles. The molecule has 0 atom stereocenters. The summed E-state index contributed by atoms with van der Waals surface area (Å²) in [5, 5.41) is 0. The largest absolute Gasteiger partial charge is 0.405 e. The van der Waals surface area contributed by atoms with Gasteiger partial charge in [0.25, 0.3) is 0 Å². The van der Waals surface area contributed by atoms with E-state index in [2.05, 4.69) is 0 Å². The number of Topliss-reactive ketones (excluding diaryl/α,β-unsaturated/α-hetero) is 1. The molecule has 78 valence electrons. The van der Waals surface area contributed by atoms with E-state index in [9.17, 15) is 4.79 Å². The molecular formula is C13H15NO. The zero-order chi connectivity index (χ0) is 11.1. The van der Waals surface area contributed by atoms with Crippen molar-refractivity contribution in [3.63, 3.8) is 0 Å². The molecule has 0 aliphatic rings. The number of hydrogen-bond donors (Lipinski definition) is 1. The lowest BCUT2D eigenvalue weighted by Gasteiger charge is -2.01. The molecule has 0 heterocycles. The first-order valence-electron chi connectivity index (χ1n) is 4.88. The summed E-state index contributed by atoms with van der Waals surface area (Å²) in [5.41, 5.74) is 6.97. The van der Waals surface area contributed by atoms with Gasteiger partial charge < -0.3 is 5.73 Å². The summed E-state index contributed by atoms with van der Waals surface area (Å²) in [6, 6.07) is 7.60. The van der Waals surface area contributed by atoms with Gasteiger partial charge in [-0.1, -0.05) is 36.4 Å². The van der Waals surface area contributed by atoms with Crippen molar-refractivity contribution in [3.05, 3.63) is 59.8 Å². The topological polar surface area (TPSA) is 43.1 Å². The molecule has 0 radical (unpaired) electrons. The van der Waals surface area contributed by atoms with E-state index in [4.69, 9.17) is 5.73 Å². The van der Waals surface area contributed by atoms with Crippen molar-refractivity contribution in [2.24, 2.45) is 5.73 Å². The van der Waals surface area contributed by atoms with Crippen molar-refractivity contribution >= 4 is 5.78 Å². The van der Waals surface area contributed by atoms with Gasteiger partial charge in [-0.25, -0.2) is 0 Å². The van der Waals surface area contributed by atoms with E-state index in [1.807, 2.05) is 31.2 Å². The van der Waals surface area contributed by atoms with Gasteiger partial charge in [-0.15, -0.1) is 0 Å². The molecular weight excluding hydrogens is 186 g/mol. The molecule has 0 bridgehead atoms. The zero-order valence-corrected chi connectivity index (χ0v) is 8.81. The maximum atomic E-state index is 11.7. The summed E-state index contributed by atoms with van der Waals surface area (Å²) in [6.45, 7) is 1.94. The van der Waals surface area contributed by atoms with E-state index in [0.717, 1.165) is 11.1 Å². The molecule has 1 rings (SSSR count). The smallest absolute Gasteiger partial charge is 0.166 e. The lowest BCUT2D eigenvalue weighted by molar-refractivity contribution is 0.0995. The Morgan fingerprint density at radius 2 is 2.07 bits per heavy atom. The van der Waals surface area contributed by atoms with E-state index in [1.165, 1.54) is 6.20 Å². The second-order valence-electron chi connectivity index (χ2n) is 3.26. The zero-order valence-electron chi connectivity index (χ0n) is 8.81. The highest BCUT2D eigenvalue weighted by Gasteiger charge is 2.05. The average molecular weight is 201 g/mol. The van der Waals surface area contributed by atoms with Crippen LogP contribution in [-0.2, 0) is 0 Å². The van der Waals surface area contributed by atoms with Gasteiger partial charge in [0.15, 0.2) is 5.78 Å². The Labute approximate surface area is 90.1 Å². The number of aryl methyl sites for hydroxylation is 1. The van der Waals surface area contributed by atoms with Crippen molar-refractivity contribution in [1.29, 1.82) is 0 Å². The van der Waals surface area contributed by atoms with Gasteiger partial charge in [-0.05, 0) is 24.8 Å². The van der Waals surface area contributed by atoms with Gasteiger partial charge in [-0.3, -0.25) is 4.79 Å². The molecule has 0 aliphatic heterocycles. The Balaban J connectivity index is 2.66. The number of carbonyl (C=O) groups is 1. The molecule has 0 aromatic heterocycles. The average Bonchev–Trinajstić information content (AvgIpc) is 2.25. The summed E-state index contributed by atoms with van der Waals surface area (Å²) >= 11 is 0. The fourth-order valence-corrected chi connectivity index (χ4v) is 1.31. The standard InChI is InChI=1S/C13H15NO/c1-11-7-4-5-8-12(11)13(15)9-3-2-6-10-14/h2-8,10H,9,14H2,1H3. The van der Waals surface area contributed by atoms with E-state index in [-0.39, 0.29) is 5.78 Å². The first-order chi connectivity index (χ1) is 7.25. The molecule has 2 heteroatoms. The molecule has 0 saturated heterocycles. The first kappa shape index (κ1) is 11.2. The monoisotopic (exact) mass is 201 g/mol. The molecule has 0 unspecified atom stereocenters. The SMILES string of the molecule is Cc1ccccc1C(=O)CC=CC=CN. The predicted octanol–water partition coefficient (Wildman–Crippen LogP) is 2.60. The van der Waals surface area contributed by atoms with Crippen LogP contribution in [0.5, 0.6) is 0 Å². The number of ketones is 1. The Hall–Kier alpha value is -1.83.